The van der Waals surface area contributed by atoms with Crippen LogP contribution in [0.4, 0.5) is 0 Å². The topological polar surface area (TPSA) is 9.23 Å². The first-order valence-corrected chi connectivity index (χ1v) is 17.9. The summed E-state index contributed by atoms with van der Waals surface area (Å²) in [6.45, 7) is 7.81. The van der Waals surface area contributed by atoms with Gasteiger partial charge in [-0.1, -0.05) is 142 Å². The van der Waals surface area contributed by atoms with E-state index in [2.05, 4.69) is 39.0 Å². The van der Waals surface area contributed by atoms with Crippen LogP contribution in [0.5, 0.6) is 5.75 Å². The fourth-order valence-corrected chi connectivity index (χ4v) is 7.55. The van der Waals surface area contributed by atoms with E-state index in [9.17, 15) is 0 Å². The highest BCUT2D eigenvalue weighted by Crippen LogP contribution is 2.39. The molecule has 0 aliphatic heterocycles. The molecule has 0 spiro atoms. The fraction of sp³-hybridized carbons (Fsp3) is 0.842. The lowest BCUT2D eigenvalue weighted by molar-refractivity contribution is 0.177. The van der Waals surface area contributed by atoms with Gasteiger partial charge in [0.1, 0.15) is 5.75 Å². The summed E-state index contributed by atoms with van der Waals surface area (Å²) in [6.07, 6.45) is 34.4. The van der Waals surface area contributed by atoms with Crippen molar-refractivity contribution < 1.29 is 4.74 Å². The lowest BCUT2D eigenvalue weighted by Crippen LogP contribution is -2.20. The monoisotopic (exact) mass is 539 g/mol. The number of rotatable bonds is 20. The number of hydrogen-bond donors (Lipinski definition) is 0. The Hall–Kier alpha value is -0.980. The van der Waals surface area contributed by atoms with Crippen LogP contribution in [-0.2, 0) is 0 Å². The van der Waals surface area contributed by atoms with Crippen molar-refractivity contribution in [2.45, 2.75) is 181 Å². The van der Waals surface area contributed by atoms with Gasteiger partial charge in [0, 0.05) is 0 Å². The Bertz CT molecular complexity index is 722. The van der Waals surface area contributed by atoms with Crippen LogP contribution in [0.25, 0.3) is 0 Å². The van der Waals surface area contributed by atoms with Crippen LogP contribution in [0.3, 0.4) is 0 Å². The van der Waals surface area contributed by atoms with Gasteiger partial charge in [0.15, 0.2) is 0 Å². The average Bonchev–Trinajstić information content (AvgIpc) is 2.96. The van der Waals surface area contributed by atoms with E-state index < -0.39 is 0 Å². The normalized spacial score (nSPS) is 23.7. The summed E-state index contributed by atoms with van der Waals surface area (Å²) in [6, 6.07) is 7.14. The zero-order valence-corrected chi connectivity index (χ0v) is 26.6. The third-order valence-electron chi connectivity index (χ3n) is 10.4. The van der Waals surface area contributed by atoms with Crippen LogP contribution in [0.1, 0.15) is 185 Å². The Balaban J connectivity index is 1.26. The van der Waals surface area contributed by atoms with E-state index in [1.165, 1.54) is 160 Å². The lowest BCUT2D eigenvalue weighted by atomic mass is 9.77. The molecule has 1 heteroatoms. The Morgan fingerprint density at radius 3 is 1.54 bits per heavy atom. The van der Waals surface area contributed by atoms with Crippen molar-refractivity contribution in [3.05, 3.63) is 29.3 Å². The largest absolute Gasteiger partial charge is 0.493 e. The van der Waals surface area contributed by atoms with Gasteiger partial charge in [0.2, 0.25) is 0 Å². The standard InChI is InChI=1S/C38H66O/c1-4-6-8-10-12-14-16-18-33-20-22-35(23-21-33)31-39-38-29-28-37(30-32(38)3)36-26-24-34(25-27-36)19-17-15-13-11-9-7-5-2/h28-30,33-36H,4-27,31H2,1-3H3/t33-,34-,35-,36-. The second-order valence-corrected chi connectivity index (χ2v) is 13.8. The molecule has 2 fully saturated rings. The number of hydrogen-bond acceptors (Lipinski definition) is 1. The predicted molar refractivity (Wildman–Crippen MR) is 172 cm³/mol. The maximum atomic E-state index is 6.40. The van der Waals surface area contributed by atoms with E-state index in [0.29, 0.717) is 0 Å². The molecule has 1 nitrogen and oxygen atoms in total. The first kappa shape index (κ1) is 32.5. The molecule has 0 heterocycles. The number of benzene rings is 1. The third-order valence-corrected chi connectivity index (χ3v) is 10.4. The highest BCUT2D eigenvalue weighted by molar-refractivity contribution is 5.37. The summed E-state index contributed by atoms with van der Waals surface area (Å²) in [4.78, 5) is 0. The maximum absolute atomic E-state index is 6.40. The molecular weight excluding hydrogens is 472 g/mol. The molecule has 0 unspecified atom stereocenters. The van der Waals surface area contributed by atoms with Crippen molar-refractivity contribution in [3.8, 4) is 5.75 Å². The van der Waals surface area contributed by atoms with Gasteiger partial charge < -0.3 is 4.74 Å². The van der Waals surface area contributed by atoms with E-state index >= 15 is 0 Å². The van der Waals surface area contributed by atoms with Crippen molar-refractivity contribution >= 4 is 0 Å². The molecular formula is C38H66O. The van der Waals surface area contributed by atoms with Gasteiger partial charge in [-0.15, -0.1) is 0 Å². The predicted octanol–water partition coefficient (Wildman–Crippen LogP) is 12.7. The van der Waals surface area contributed by atoms with Crippen LogP contribution in [0.2, 0.25) is 0 Å². The molecule has 2 aliphatic rings. The van der Waals surface area contributed by atoms with Gasteiger partial charge in [-0.2, -0.15) is 0 Å². The molecule has 3 rings (SSSR count). The number of ether oxygens (including phenoxy) is 1. The van der Waals surface area contributed by atoms with Crippen molar-refractivity contribution in [1.82, 2.24) is 0 Å². The molecule has 2 saturated carbocycles. The minimum absolute atomic E-state index is 0.765. The minimum Gasteiger partial charge on any atom is -0.493 e. The summed E-state index contributed by atoms with van der Waals surface area (Å²) < 4.78 is 6.40. The molecule has 0 saturated heterocycles. The quantitative estimate of drug-likeness (QED) is 0.150. The smallest absolute Gasteiger partial charge is 0.122 e. The first-order valence-electron chi connectivity index (χ1n) is 17.9. The Labute approximate surface area is 244 Å². The molecule has 39 heavy (non-hydrogen) atoms. The van der Waals surface area contributed by atoms with Crippen molar-refractivity contribution in [1.29, 1.82) is 0 Å². The summed E-state index contributed by atoms with van der Waals surface area (Å²) in [7, 11) is 0. The molecule has 0 aromatic heterocycles. The van der Waals surface area contributed by atoms with Crippen LogP contribution in [0, 0.1) is 24.7 Å². The molecule has 0 N–H and O–H groups in total. The summed E-state index contributed by atoms with van der Waals surface area (Å²) in [5.74, 6) is 4.65. The van der Waals surface area contributed by atoms with Crippen molar-refractivity contribution in [2.24, 2.45) is 17.8 Å². The van der Waals surface area contributed by atoms with Gasteiger partial charge in [0.05, 0.1) is 6.61 Å². The van der Waals surface area contributed by atoms with Gasteiger partial charge in [-0.25, -0.2) is 0 Å². The zero-order valence-electron chi connectivity index (χ0n) is 26.6. The molecule has 0 amide bonds. The summed E-state index contributed by atoms with van der Waals surface area (Å²) in [5, 5.41) is 0. The molecule has 0 radical (unpaired) electrons. The highest BCUT2D eigenvalue weighted by atomic mass is 16.5. The summed E-state index contributed by atoms with van der Waals surface area (Å²) in [5.41, 5.74) is 2.92. The van der Waals surface area contributed by atoms with Crippen LogP contribution in [0.15, 0.2) is 18.2 Å². The van der Waals surface area contributed by atoms with Gasteiger partial charge in [-0.05, 0) is 86.3 Å². The first-order chi connectivity index (χ1) is 19.2. The van der Waals surface area contributed by atoms with Crippen LogP contribution in [-0.4, -0.2) is 6.61 Å². The Morgan fingerprint density at radius 1 is 0.564 bits per heavy atom. The molecule has 2 aliphatic carbocycles. The Kier molecular flexibility index (Phi) is 16.7. The van der Waals surface area contributed by atoms with E-state index in [4.69, 9.17) is 4.74 Å². The minimum atomic E-state index is 0.765. The maximum Gasteiger partial charge on any atom is 0.122 e. The summed E-state index contributed by atoms with van der Waals surface area (Å²) >= 11 is 0. The zero-order chi connectivity index (χ0) is 27.5. The number of aryl methyl sites for hydroxylation is 1. The van der Waals surface area contributed by atoms with E-state index in [0.717, 1.165) is 36.0 Å². The highest BCUT2D eigenvalue weighted by Gasteiger charge is 2.24. The Morgan fingerprint density at radius 2 is 1.03 bits per heavy atom. The molecule has 0 atom stereocenters. The second kappa shape index (κ2) is 20.0. The van der Waals surface area contributed by atoms with Crippen molar-refractivity contribution in [2.75, 3.05) is 6.61 Å². The molecule has 224 valence electrons. The van der Waals surface area contributed by atoms with Crippen LogP contribution >= 0.6 is 0 Å². The molecule has 1 aromatic rings. The fourth-order valence-electron chi connectivity index (χ4n) is 7.55. The van der Waals surface area contributed by atoms with E-state index in [-0.39, 0.29) is 0 Å². The van der Waals surface area contributed by atoms with Gasteiger partial charge in [-0.3, -0.25) is 0 Å². The second-order valence-electron chi connectivity index (χ2n) is 13.8. The number of unbranched alkanes of at least 4 members (excludes halogenated alkanes) is 12. The van der Waals surface area contributed by atoms with Crippen LogP contribution < -0.4 is 4.74 Å². The lowest BCUT2D eigenvalue weighted by Gasteiger charge is -2.30. The van der Waals surface area contributed by atoms with Gasteiger partial charge in [0.25, 0.3) is 0 Å². The average molecular weight is 539 g/mol. The van der Waals surface area contributed by atoms with E-state index in [1.807, 2.05) is 0 Å². The van der Waals surface area contributed by atoms with E-state index in [1.54, 1.807) is 5.56 Å². The molecule has 0 bridgehead atoms. The van der Waals surface area contributed by atoms with Gasteiger partial charge >= 0.3 is 0 Å². The SMILES string of the molecule is CCCCCCCCC[C@H]1CC[C@H](COc2ccc([C@H]3CC[C@H](CCCCCCCCC)CC3)cc2C)CC1. The van der Waals surface area contributed by atoms with Crippen molar-refractivity contribution in [3.63, 3.8) is 0 Å². The molecule has 1 aromatic carbocycles. The third kappa shape index (κ3) is 13.0.